The second-order valence-electron chi connectivity index (χ2n) is 5.56. The zero-order valence-corrected chi connectivity index (χ0v) is 11.0. The summed E-state index contributed by atoms with van der Waals surface area (Å²) in [7, 11) is 0. The number of para-hydroxylation sites is 1. The number of benzene rings is 1. The number of hydrogen-bond donors (Lipinski definition) is 2. The van der Waals surface area contributed by atoms with Crippen LogP contribution in [0.4, 0.5) is 0 Å². The summed E-state index contributed by atoms with van der Waals surface area (Å²) in [5.74, 6) is 0.813. The largest absolute Gasteiger partial charge is 0.487 e. The summed E-state index contributed by atoms with van der Waals surface area (Å²) in [5, 5.41) is 3.03. The zero-order valence-electron chi connectivity index (χ0n) is 11.0. The molecule has 3 N–H and O–H groups in total. The van der Waals surface area contributed by atoms with Crippen LogP contribution in [0.2, 0.25) is 0 Å². The van der Waals surface area contributed by atoms with Gasteiger partial charge in [-0.1, -0.05) is 18.2 Å². The molecule has 4 heteroatoms. The van der Waals surface area contributed by atoms with Crippen molar-refractivity contribution in [1.82, 2.24) is 5.32 Å². The minimum atomic E-state index is -0.102. The highest BCUT2D eigenvalue weighted by atomic mass is 16.5. The second kappa shape index (κ2) is 4.85. The molecule has 1 unspecified atom stereocenters. The predicted molar refractivity (Wildman–Crippen MR) is 72.8 cm³/mol. The molecule has 19 heavy (non-hydrogen) atoms. The summed E-state index contributed by atoms with van der Waals surface area (Å²) >= 11 is 0. The number of carbonyl (C=O) groups excluding carboxylic acids is 1. The van der Waals surface area contributed by atoms with Gasteiger partial charge >= 0.3 is 0 Å². The summed E-state index contributed by atoms with van der Waals surface area (Å²) in [6, 6.07) is 8.01. The SMILES string of the molecule is NCC(=O)NC1CC2(CCCC2)Oc2ccccc21. The molecule has 0 bridgehead atoms. The number of hydrogen-bond acceptors (Lipinski definition) is 3. The Balaban J connectivity index is 1.91. The molecule has 1 aromatic rings. The van der Waals surface area contributed by atoms with E-state index in [2.05, 4.69) is 5.32 Å². The predicted octanol–water partition coefficient (Wildman–Crippen LogP) is 1.90. The van der Waals surface area contributed by atoms with Gasteiger partial charge in [0.1, 0.15) is 11.4 Å². The molecule has 1 aromatic carbocycles. The molecule has 1 spiro atoms. The third kappa shape index (κ3) is 2.32. The second-order valence-corrected chi connectivity index (χ2v) is 5.56. The number of ether oxygens (including phenoxy) is 1. The van der Waals surface area contributed by atoms with E-state index >= 15 is 0 Å². The number of nitrogens with two attached hydrogens (primary N) is 1. The third-order valence-electron chi connectivity index (χ3n) is 4.23. The molecule has 3 rings (SSSR count). The highest BCUT2D eigenvalue weighted by Crippen LogP contribution is 2.46. The average molecular weight is 260 g/mol. The molecule has 1 amide bonds. The van der Waals surface area contributed by atoms with Crippen molar-refractivity contribution in [1.29, 1.82) is 0 Å². The molecule has 2 aliphatic rings. The van der Waals surface area contributed by atoms with E-state index in [1.165, 1.54) is 12.8 Å². The molecule has 0 saturated heterocycles. The van der Waals surface area contributed by atoms with Gasteiger partial charge in [-0.05, 0) is 31.7 Å². The van der Waals surface area contributed by atoms with Gasteiger partial charge in [0.05, 0.1) is 12.6 Å². The number of amides is 1. The fourth-order valence-corrected chi connectivity index (χ4v) is 3.33. The van der Waals surface area contributed by atoms with Crippen LogP contribution in [0.25, 0.3) is 0 Å². The quantitative estimate of drug-likeness (QED) is 0.853. The minimum Gasteiger partial charge on any atom is -0.487 e. The van der Waals surface area contributed by atoms with Crippen LogP contribution in [0.15, 0.2) is 24.3 Å². The van der Waals surface area contributed by atoms with E-state index in [0.29, 0.717) is 0 Å². The van der Waals surface area contributed by atoms with Gasteiger partial charge in [0, 0.05) is 12.0 Å². The maximum atomic E-state index is 11.6. The molecule has 4 nitrogen and oxygen atoms in total. The Morgan fingerprint density at radius 3 is 2.84 bits per heavy atom. The molecule has 1 aliphatic carbocycles. The standard InChI is InChI=1S/C15H20N2O2/c16-10-14(18)17-12-9-15(7-3-4-8-15)19-13-6-2-1-5-11(12)13/h1-2,5-6,12H,3-4,7-10,16H2,(H,17,18). The monoisotopic (exact) mass is 260 g/mol. The summed E-state index contributed by atoms with van der Waals surface area (Å²) in [6.07, 6.45) is 5.43. The molecule has 0 aromatic heterocycles. The Kier molecular flexibility index (Phi) is 3.19. The average Bonchev–Trinajstić information content (AvgIpc) is 2.86. The van der Waals surface area contributed by atoms with Crippen molar-refractivity contribution in [2.24, 2.45) is 5.73 Å². The molecule has 1 fully saturated rings. The van der Waals surface area contributed by atoms with Crippen LogP contribution < -0.4 is 15.8 Å². The topological polar surface area (TPSA) is 64.4 Å². The van der Waals surface area contributed by atoms with E-state index in [1.54, 1.807) is 0 Å². The highest BCUT2D eigenvalue weighted by Gasteiger charge is 2.43. The summed E-state index contributed by atoms with van der Waals surface area (Å²) < 4.78 is 6.24. The van der Waals surface area contributed by atoms with Crippen molar-refractivity contribution >= 4 is 5.91 Å². The van der Waals surface area contributed by atoms with Crippen LogP contribution >= 0.6 is 0 Å². The molecule has 1 saturated carbocycles. The van der Waals surface area contributed by atoms with Crippen LogP contribution in [0.1, 0.15) is 43.7 Å². The lowest BCUT2D eigenvalue weighted by molar-refractivity contribution is -0.121. The first kappa shape index (κ1) is 12.5. The number of rotatable bonds is 2. The van der Waals surface area contributed by atoms with Gasteiger partial charge in [0.2, 0.25) is 5.91 Å². The van der Waals surface area contributed by atoms with Crippen molar-refractivity contribution in [3.63, 3.8) is 0 Å². The van der Waals surface area contributed by atoms with Gasteiger partial charge in [-0.3, -0.25) is 4.79 Å². The molecule has 102 valence electrons. The Morgan fingerprint density at radius 1 is 1.37 bits per heavy atom. The highest BCUT2D eigenvalue weighted by molar-refractivity contribution is 5.78. The summed E-state index contributed by atoms with van der Waals surface area (Å²) in [4.78, 5) is 11.6. The first-order valence-corrected chi connectivity index (χ1v) is 7.00. The summed E-state index contributed by atoms with van der Waals surface area (Å²) in [6.45, 7) is 0.0343. The fraction of sp³-hybridized carbons (Fsp3) is 0.533. The van der Waals surface area contributed by atoms with E-state index in [0.717, 1.165) is 30.6 Å². The van der Waals surface area contributed by atoms with E-state index in [4.69, 9.17) is 10.5 Å². The molecule has 1 aliphatic heterocycles. The van der Waals surface area contributed by atoms with Gasteiger partial charge in [0.15, 0.2) is 0 Å². The Labute approximate surface area is 113 Å². The number of nitrogens with one attached hydrogen (secondary N) is 1. The maximum Gasteiger partial charge on any atom is 0.234 e. The zero-order chi connectivity index (χ0) is 13.3. The number of fused-ring (bicyclic) bond motifs is 1. The van der Waals surface area contributed by atoms with Crippen molar-refractivity contribution in [3.8, 4) is 5.75 Å². The smallest absolute Gasteiger partial charge is 0.234 e. The van der Waals surface area contributed by atoms with Crippen molar-refractivity contribution in [2.75, 3.05) is 6.54 Å². The maximum absolute atomic E-state index is 11.6. The van der Waals surface area contributed by atoms with Gasteiger partial charge in [-0.15, -0.1) is 0 Å². The molecular weight excluding hydrogens is 240 g/mol. The van der Waals surface area contributed by atoms with Gasteiger partial charge in [-0.25, -0.2) is 0 Å². The van der Waals surface area contributed by atoms with E-state index in [1.807, 2.05) is 24.3 Å². The minimum absolute atomic E-state index is 0.0269. The first-order valence-electron chi connectivity index (χ1n) is 7.00. The normalized spacial score (nSPS) is 23.7. The van der Waals surface area contributed by atoms with Crippen LogP contribution in [0, 0.1) is 0 Å². The third-order valence-corrected chi connectivity index (χ3v) is 4.23. The molecular formula is C15H20N2O2. The Bertz CT molecular complexity index is 481. The lowest BCUT2D eigenvalue weighted by atomic mass is 9.86. The van der Waals surface area contributed by atoms with E-state index in [9.17, 15) is 4.79 Å². The lowest BCUT2D eigenvalue weighted by Crippen LogP contribution is -2.44. The molecule has 1 heterocycles. The van der Waals surface area contributed by atoms with E-state index in [-0.39, 0.29) is 24.1 Å². The molecule has 0 radical (unpaired) electrons. The van der Waals surface area contributed by atoms with Crippen LogP contribution in [-0.4, -0.2) is 18.1 Å². The molecule has 1 atom stereocenters. The Hall–Kier alpha value is -1.55. The van der Waals surface area contributed by atoms with Crippen molar-refractivity contribution in [3.05, 3.63) is 29.8 Å². The fourth-order valence-electron chi connectivity index (χ4n) is 3.33. The van der Waals surface area contributed by atoms with Crippen molar-refractivity contribution < 1.29 is 9.53 Å². The van der Waals surface area contributed by atoms with Gasteiger partial charge in [-0.2, -0.15) is 0 Å². The first-order chi connectivity index (χ1) is 9.22. The van der Waals surface area contributed by atoms with Crippen LogP contribution in [-0.2, 0) is 4.79 Å². The van der Waals surface area contributed by atoms with Crippen LogP contribution in [0.5, 0.6) is 5.75 Å². The van der Waals surface area contributed by atoms with Crippen LogP contribution in [0.3, 0.4) is 0 Å². The lowest BCUT2D eigenvalue weighted by Gasteiger charge is -2.40. The van der Waals surface area contributed by atoms with Gasteiger partial charge < -0.3 is 15.8 Å². The van der Waals surface area contributed by atoms with Crippen molar-refractivity contribution in [2.45, 2.75) is 43.7 Å². The van der Waals surface area contributed by atoms with E-state index < -0.39 is 0 Å². The Morgan fingerprint density at radius 2 is 2.11 bits per heavy atom. The van der Waals surface area contributed by atoms with Gasteiger partial charge in [0.25, 0.3) is 0 Å². The number of carbonyl (C=O) groups is 1. The summed E-state index contributed by atoms with van der Waals surface area (Å²) in [5.41, 5.74) is 6.40.